The maximum Gasteiger partial charge on any atom is 0.251 e. The molecule has 2 atom stereocenters. The van der Waals surface area contributed by atoms with Gasteiger partial charge in [-0.05, 0) is 35.4 Å². The summed E-state index contributed by atoms with van der Waals surface area (Å²) < 4.78 is 19.1. The van der Waals surface area contributed by atoms with E-state index in [1.54, 1.807) is 36.4 Å². The highest BCUT2D eigenvalue weighted by Gasteiger charge is 2.41. The second kappa shape index (κ2) is 9.14. The number of aliphatic hydroxyl groups excluding tert-OH is 1. The van der Waals surface area contributed by atoms with Gasteiger partial charge < -0.3 is 20.1 Å². The number of hydrogen-bond donors (Lipinski definition) is 2. The molecule has 1 saturated heterocycles. The van der Waals surface area contributed by atoms with E-state index in [9.17, 15) is 14.0 Å². The first-order chi connectivity index (χ1) is 13.5. The van der Waals surface area contributed by atoms with E-state index in [-0.39, 0.29) is 32.2 Å². The monoisotopic (exact) mass is 406 g/mol. The molecule has 0 spiro atoms. The van der Waals surface area contributed by atoms with Crippen LogP contribution in [0.4, 0.5) is 4.39 Å². The number of carbonyl (C=O) groups excluding carboxylic acids is 2. The van der Waals surface area contributed by atoms with Crippen LogP contribution in [0.3, 0.4) is 0 Å². The van der Waals surface area contributed by atoms with E-state index in [1.807, 2.05) is 0 Å². The van der Waals surface area contributed by atoms with Gasteiger partial charge in [0.15, 0.2) is 6.10 Å². The second-order valence-electron chi connectivity index (χ2n) is 6.39. The lowest BCUT2D eigenvalue weighted by molar-refractivity contribution is -0.165. The molecule has 28 heavy (non-hydrogen) atoms. The Morgan fingerprint density at radius 2 is 2.04 bits per heavy atom. The molecule has 2 aromatic carbocycles. The third-order valence-corrected chi connectivity index (χ3v) is 4.70. The molecule has 1 heterocycles. The van der Waals surface area contributed by atoms with Crippen molar-refractivity contribution >= 4 is 23.4 Å². The normalized spacial score (nSPS) is 19.5. The molecule has 0 radical (unpaired) electrons. The number of carbonyl (C=O) groups is 2. The molecule has 148 valence electrons. The number of aliphatic hydroxyl groups is 1. The zero-order valence-electron chi connectivity index (χ0n) is 15.0. The molecule has 1 aliphatic heterocycles. The molecule has 0 unspecified atom stereocenters. The molecule has 1 fully saturated rings. The van der Waals surface area contributed by atoms with Crippen LogP contribution in [0.2, 0.25) is 5.02 Å². The number of hydrogen-bond acceptors (Lipinski definition) is 4. The molecule has 2 aromatic rings. The molecule has 0 saturated carbocycles. The van der Waals surface area contributed by atoms with Crippen LogP contribution in [0.1, 0.15) is 17.2 Å². The van der Waals surface area contributed by atoms with Gasteiger partial charge in [-0.25, -0.2) is 4.39 Å². The van der Waals surface area contributed by atoms with E-state index < -0.39 is 23.9 Å². The fraction of sp³-hybridized carbons (Fsp3) is 0.300. The zero-order chi connectivity index (χ0) is 20.1. The summed E-state index contributed by atoms with van der Waals surface area (Å²) >= 11 is 5.97. The van der Waals surface area contributed by atoms with E-state index in [0.717, 1.165) is 0 Å². The predicted molar refractivity (Wildman–Crippen MR) is 101 cm³/mol. The van der Waals surface area contributed by atoms with Crippen LogP contribution in [0, 0.1) is 5.82 Å². The number of nitrogens with zero attached hydrogens (tertiary/aromatic N) is 1. The fourth-order valence-corrected chi connectivity index (χ4v) is 3.31. The van der Waals surface area contributed by atoms with Crippen LogP contribution in [0.5, 0.6) is 0 Å². The van der Waals surface area contributed by atoms with Crippen LogP contribution in [-0.2, 0) is 20.9 Å². The summed E-state index contributed by atoms with van der Waals surface area (Å²) in [5.74, 6) is -1.15. The Morgan fingerprint density at radius 3 is 2.71 bits per heavy atom. The van der Waals surface area contributed by atoms with Gasteiger partial charge in [0.1, 0.15) is 12.4 Å². The highest BCUT2D eigenvalue weighted by atomic mass is 35.5. The number of ether oxygens (including phenoxy) is 1. The first-order valence-corrected chi connectivity index (χ1v) is 9.17. The van der Waals surface area contributed by atoms with Gasteiger partial charge in [0.05, 0.1) is 12.6 Å². The smallest absolute Gasteiger partial charge is 0.251 e. The Balaban J connectivity index is 1.96. The Bertz CT molecular complexity index is 846. The average molecular weight is 407 g/mol. The quantitative estimate of drug-likeness (QED) is 0.769. The van der Waals surface area contributed by atoms with Crippen molar-refractivity contribution in [2.24, 2.45) is 0 Å². The fourth-order valence-electron chi connectivity index (χ4n) is 3.19. The summed E-state index contributed by atoms with van der Waals surface area (Å²) in [5, 5.41) is 12.1. The average Bonchev–Trinajstić information content (AvgIpc) is 2.68. The topological polar surface area (TPSA) is 78.9 Å². The lowest BCUT2D eigenvalue weighted by Crippen LogP contribution is -2.54. The van der Waals surface area contributed by atoms with Crippen molar-refractivity contribution in [3.8, 4) is 0 Å². The molecular weight excluding hydrogens is 387 g/mol. The van der Waals surface area contributed by atoms with Crippen LogP contribution in [0.15, 0.2) is 48.5 Å². The van der Waals surface area contributed by atoms with Gasteiger partial charge >= 0.3 is 0 Å². The number of rotatable bonds is 6. The van der Waals surface area contributed by atoms with Crippen molar-refractivity contribution in [2.45, 2.75) is 18.7 Å². The van der Waals surface area contributed by atoms with Crippen LogP contribution in [-0.4, -0.2) is 47.7 Å². The largest absolute Gasteiger partial charge is 0.395 e. The lowest BCUT2D eigenvalue weighted by atomic mass is 9.96. The molecule has 2 amide bonds. The first kappa shape index (κ1) is 20.3. The minimum atomic E-state index is -0.973. The number of amides is 2. The molecule has 2 N–H and O–H groups in total. The van der Waals surface area contributed by atoms with E-state index in [1.165, 1.54) is 17.0 Å². The Hall–Kier alpha value is -2.48. The van der Waals surface area contributed by atoms with Gasteiger partial charge in [0, 0.05) is 18.1 Å². The highest BCUT2D eigenvalue weighted by molar-refractivity contribution is 6.30. The summed E-state index contributed by atoms with van der Waals surface area (Å²) in [6, 6.07) is 12.0. The number of morpholine rings is 1. The predicted octanol–water partition coefficient (Wildman–Crippen LogP) is 2.06. The SMILES string of the molecule is O=C(NCCO)[C@H]1OCC(=O)N(Cc2cccc(F)c2)[C@@H]1c1ccc(Cl)cc1. The van der Waals surface area contributed by atoms with Gasteiger partial charge in [-0.15, -0.1) is 0 Å². The maximum absolute atomic E-state index is 13.6. The van der Waals surface area contributed by atoms with Gasteiger partial charge in [0.25, 0.3) is 5.91 Å². The standard InChI is InChI=1S/C20H20ClFN2O4/c21-15-6-4-14(5-7-15)18-19(20(27)23-8-9-25)28-12-17(26)24(18)11-13-2-1-3-16(22)10-13/h1-7,10,18-19,25H,8-9,11-12H2,(H,23,27)/t18-,19+/m1/s1. The summed E-state index contributed by atoms with van der Waals surface area (Å²) in [7, 11) is 0. The molecule has 0 aromatic heterocycles. The maximum atomic E-state index is 13.6. The van der Waals surface area contributed by atoms with Crippen LogP contribution in [0.25, 0.3) is 0 Å². The third-order valence-electron chi connectivity index (χ3n) is 4.45. The Kier molecular flexibility index (Phi) is 6.61. The summed E-state index contributed by atoms with van der Waals surface area (Å²) in [6.07, 6.45) is -0.973. The first-order valence-electron chi connectivity index (χ1n) is 8.79. The minimum Gasteiger partial charge on any atom is -0.395 e. The Morgan fingerprint density at radius 1 is 1.29 bits per heavy atom. The summed E-state index contributed by atoms with van der Waals surface area (Å²) in [5.41, 5.74) is 1.27. The number of halogens is 2. The second-order valence-corrected chi connectivity index (χ2v) is 6.83. The van der Waals surface area contributed by atoms with E-state index in [4.69, 9.17) is 21.4 Å². The molecule has 8 heteroatoms. The molecule has 0 bridgehead atoms. The van der Waals surface area contributed by atoms with Crippen molar-refractivity contribution in [1.29, 1.82) is 0 Å². The summed E-state index contributed by atoms with van der Waals surface area (Å²) in [4.78, 5) is 26.7. The van der Waals surface area contributed by atoms with Crippen molar-refractivity contribution in [1.82, 2.24) is 10.2 Å². The van der Waals surface area contributed by atoms with Crippen molar-refractivity contribution < 1.29 is 23.8 Å². The van der Waals surface area contributed by atoms with Crippen LogP contribution >= 0.6 is 11.6 Å². The Labute approximate surface area is 166 Å². The van der Waals surface area contributed by atoms with Crippen molar-refractivity contribution in [2.75, 3.05) is 19.8 Å². The minimum absolute atomic E-state index is 0.0733. The highest BCUT2D eigenvalue weighted by Crippen LogP contribution is 2.32. The van der Waals surface area contributed by atoms with Gasteiger partial charge in [0.2, 0.25) is 5.91 Å². The lowest BCUT2D eigenvalue weighted by Gasteiger charge is -2.40. The van der Waals surface area contributed by atoms with E-state index in [2.05, 4.69) is 5.32 Å². The van der Waals surface area contributed by atoms with Gasteiger partial charge in [-0.2, -0.15) is 0 Å². The third kappa shape index (κ3) is 4.67. The molecule has 3 rings (SSSR count). The van der Waals surface area contributed by atoms with Gasteiger partial charge in [-0.1, -0.05) is 35.9 Å². The van der Waals surface area contributed by atoms with E-state index in [0.29, 0.717) is 16.1 Å². The van der Waals surface area contributed by atoms with E-state index >= 15 is 0 Å². The zero-order valence-corrected chi connectivity index (χ0v) is 15.7. The summed E-state index contributed by atoms with van der Waals surface area (Å²) in [6.45, 7) is -0.284. The molecular formula is C20H20ClFN2O4. The number of nitrogens with one attached hydrogen (secondary N) is 1. The molecule has 6 nitrogen and oxygen atoms in total. The van der Waals surface area contributed by atoms with Crippen molar-refractivity contribution in [3.63, 3.8) is 0 Å². The molecule has 0 aliphatic carbocycles. The van der Waals surface area contributed by atoms with Crippen LogP contribution < -0.4 is 5.32 Å². The molecule has 1 aliphatic rings. The number of benzene rings is 2. The van der Waals surface area contributed by atoms with Crippen molar-refractivity contribution in [3.05, 3.63) is 70.5 Å². The van der Waals surface area contributed by atoms with Gasteiger partial charge in [-0.3, -0.25) is 9.59 Å².